The third-order valence-corrected chi connectivity index (χ3v) is 5.79. The van der Waals surface area contributed by atoms with E-state index in [9.17, 15) is 14.7 Å². The molecule has 1 N–H and O–H groups in total. The normalized spacial score (nSPS) is 38.0. The SMILES string of the molecule is COC(=O)C1=CCC2(OCCO2)C2=C[C@@H](O)[C@H]3C[C@@H]1[C@@H]2C3OC(C)=O. The summed E-state index contributed by atoms with van der Waals surface area (Å²) in [5.41, 5.74) is 1.32. The second-order valence-electron chi connectivity index (χ2n) is 7.02. The molecule has 0 aromatic carbocycles. The largest absolute Gasteiger partial charge is 0.466 e. The van der Waals surface area contributed by atoms with E-state index in [-0.39, 0.29) is 17.8 Å². The number of hydrogen-bond acceptors (Lipinski definition) is 7. The van der Waals surface area contributed by atoms with Crippen molar-refractivity contribution in [3.8, 4) is 0 Å². The number of ether oxygens (including phenoxy) is 4. The van der Waals surface area contributed by atoms with Gasteiger partial charge in [-0.1, -0.05) is 12.2 Å². The summed E-state index contributed by atoms with van der Waals surface area (Å²) in [5, 5.41) is 10.6. The van der Waals surface area contributed by atoms with Gasteiger partial charge < -0.3 is 24.1 Å². The number of carbonyl (C=O) groups is 2. The number of hydrogen-bond donors (Lipinski definition) is 1. The van der Waals surface area contributed by atoms with Crippen LogP contribution in [0.25, 0.3) is 0 Å². The van der Waals surface area contributed by atoms with Gasteiger partial charge in [-0.05, 0) is 12.0 Å². The molecule has 0 amide bonds. The first-order valence-electron chi connectivity index (χ1n) is 8.60. The summed E-state index contributed by atoms with van der Waals surface area (Å²) in [6.45, 7) is 2.23. The molecule has 7 heteroatoms. The van der Waals surface area contributed by atoms with Crippen LogP contribution < -0.4 is 0 Å². The first-order chi connectivity index (χ1) is 12.0. The summed E-state index contributed by atoms with van der Waals surface area (Å²) in [4.78, 5) is 24.0. The molecule has 1 saturated carbocycles. The fraction of sp³-hybridized carbons (Fsp3) is 0.667. The Morgan fingerprint density at radius 3 is 2.68 bits per heavy atom. The molecule has 7 nitrogen and oxygen atoms in total. The van der Waals surface area contributed by atoms with Crippen LogP contribution in [0.3, 0.4) is 0 Å². The number of fused-ring (bicyclic) bond motifs is 2. The van der Waals surface area contributed by atoms with Crippen LogP contribution in [0.4, 0.5) is 0 Å². The Balaban J connectivity index is 1.83. The predicted molar refractivity (Wildman–Crippen MR) is 84.1 cm³/mol. The number of aliphatic hydroxyl groups excluding tert-OH is 1. The molecule has 1 aliphatic heterocycles. The number of carbonyl (C=O) groups excluding carboxylic acids is 2. The van der Waals surface area contributed by atoms with E-state index in [2.05, 4.69) is 0 Å². The third kappa shape index (κ3) is 2.45. The van der Waals surface area contributed by atoms with Crippen molar-refractivity contribution in [3.05, 3.63) is 23.3 Å². The van der Waals surface area contributed by atoms with Gasteiger partial charge in [-0.2, -0.15) is 0 Å². The van der Waals surface area contributed by atoms with Gasteiger partial charge in [0.2, 0.25) is 0 Å². The van der Waals surface area contributed by atoms with Crippen LogP contribution >= 0.6 is 0 Å². The maximum Gasteiger partial charge on any atom is 0.333 e. The summed E-state index contributed by atoms with van der Waals surface area (Å²) in [6.07, 6.45) is 3.21. The highest BCUT2D eigenvalue weighted by Gasteiger charge is 2.60. The molecule has 1 spiro atoms. The second kappa shape index (κ2) is 5.93. The molecule has 2 fully saturated rings. The van der Waals surface area contributed by atoms with E-state index in [1.165, 1.54) is 14.0 Å². The monoisotopic (exact) mass is 350 g/mol. The maximum atomic E-state index is 12.3. The highest BCUT2D eigenvalue weighted by atomic mass is 16.7. The Morgan fingerprint density at radius 2 is 2.04 bits per heavy atom. The molecule has 2 bridgehead atoms. The van der Waals surface area contributed by atoms with Crippen molar-refractivity contribution < 1.29 is 33.6 Å². The molecule has 0 radical (unpaired) electrons. The van der Waals surface area contributed by atoms with Gasteiger partial charge in [0, 0.05) is 36.7 Å². The maximum absolute atomic E-state index is 12.3. The van der Waals surface area contributed by atoms with Gasteiger partial charge in [0.25, 0.3) is 0 Å². The lowest BCUT2D eigenvalue weighted by atomic mass is 9.77. The molecule has 1 saturated heterocycles. The average Bonchev–Trinajstić information content (AvgIpc) is 3.11. The smallest absolute Gasteiger partial charge is 0.333 e. The molecule has 4 rings (SSSR count). The van der Waals surface area contributed by atoms with E-state index in [0.717, 1.165) is 5.57 Å². The molecule has 3 aliphatic carbocycles. The molecule has 5 atom stereocenters. The molecule has 1 unspecified atom stereocenters. The summed E-state index contributed by atoms with van der Waals surface area (Å²) in [7, 11) is 1.35. The average molecular weight is 350 g/mol. The van der Waals surface area contributed by atoms with Crippen LogP contribution in [0, 0.1) is 17.8 Å². The zero-order valence-corrected chi connectivity index (χ0v) is 14.3. The standard InChI is InChI=1S/C18H22O7/c1-9(19)25-16-12-7-11-10(17(21)22-2)3-4-18(23-5-6-24-18)13(15(11)16)8-14(12)20/h3,8,11-12,14-16,20H,4-7H2,1-2H3/t11-,12+,14+,15-,16?/m0/s1. The van der Waals surface area contributed by atoms with Crippen molar-refractivity contribution >= 4 is 11.9 Å². The lowest BCUT2D eigenvalue weighted by Gasteiger charge is -2.39. The van der Waals surface area contributed by atoms with Gasteiger partial charge in [0.05, 0.1) is 26.4 Å². The topological polar surface area (TPSA) is 91.3 Å². The molecule has 1 heterocycles. The molecular formula is C18H22O7. The summed E-state index contributed by atoms with van der Waals surface area (Å²) < 4.78 is 22.4. The fourth-order valence-electron chi connectivity index (χ4n) is 4.87. The molecule has 25 heavy (non-hydrogen) atoms. The Kier molecular flexibility index (Phi) is 3.97. The molecular weight excluding hydrogens is 328 g/mol. The van der Waals surface area contributed by atoms with Gasteiger partial charge in [0.15, 0.2) is 5.79 Å². The van der Waals surface area contributed by atoms with Crippen molar-refractivity contribution in [1.82, 2.24) is 0 Å². The zero-order chi connectivity index (χ0) is 17.8. The highest BCUT2D eigenvalue weighted by molar-refractivity contribution is 5.89. The number of aliphatic hydroxyl groups is 1. The minimum atomic E-state index is -1.01. The highest BCUT2D eigenvalue weighted by Crippen LogP contribution is 2.56. The number of rotatable bonds is 2. The van der Waals surface area contributed by atoms with Crippen LogP contribution in [-0.4, -0.2) is 55.4 Å². The van der Waals surface area contributed by atoms with Crippen molar-refractivity contribution in [2.45, 2.75) is 37.8 Å². The summed E-state index contributed by atoms with van der Waals surface area (Å²) in [5.74, 6) is -2.52. The van der Waals surface area contributed by atoms with Crippen LogP contribution in [-0.2, 0) is 28.5 Å². The predicted octanol–water partition coefficient (Wildman–Crippen LogP) is 0.717. The summed E-state index contributed by atoms with van der Waals surface area (Å²) >= 11 is 0. The van der Waals surface area contributed by atoms with E-state index < -0.39 is 29.9 Å². The molecule has 0 aromatic rings. The Hall–Kier alpha value is -1.70. The minimum absolute atomic E-state index is 0.197. The third-order valence-electron chi connectivity index (χ3n) is 5.79. The first kappa shape index (κ1) is 16.8. The fourth-order valence-corrected chi connectivity index (χ4v) is 4.87. The van der Waals surface area contributed by atoms with Crippen molar-refractivity contribution in [1.29, 1.82) is 0 Å². The Bertz CT molecular complexity index is 658. The number of esters is 2. The van der Waals surface area contributed by atoms with Crippen molar-refractivity contribution in [2.75, 3.05) is 20.3 Å². The van der Waals surface area contributed by atoms with Crippen LogP contribution in [0.5, 0.6) is 0 Å². The zero-order valence-electron chi connectivity index (χ0n) is 14.3. The lowest BCUT2D eigenvalue weighted by Crippen LogP contribution is -2.45. The Morgan fingerprint density at radius 1 is 1.32 bits per heavy atom. The number of methoxy groups -OCH3 is 1. The van der Waals surface area contributed by atoms with Gasteiger partial charge in [-0.3, -0.25) is 4.79 Å². The van der Waals surface area contributed by atoms with Gasteiger partial charge in [0.1, 0.15) is 6.10 Å². The first-order valence-corrected chi connectivity index (χ1v) is 8.60. The van der Waals surface area contributed by atoms with Gasteiger partial charge in [-0.25, -0.2) is 4.79 Å². The second-order valence-corrected chi connectivity index (χ2v) is 7.02. The van der Waals surface area contributed by atoms with E-state index >= 15 is 0 Å². The van der Waals surface area contributed by atoms with E-state index in [4.69, 9.17) is 18.9 Å². The van der Waals surface area contributed by atoms with Crippen molar-refractivity contribution in [3.63, 3.8) is 0 Å². The summed E-state index contributed by atoms with van der Waals surface area (Å²) in [6, 6.07) is 0. The van der Waals surface area contributed by atoms with Crippen molar-refractivity contribution in [2.24, 2.45) is 17.8 Å². The van der Waals surface area contributed by atoms with E-state index in [0.29, 0.717) is 31.6 Å². The van der Waals surface area contributed by atoms with E-state index in [1.807, 2.05) is 6.08 Å². The van der Waals surface area contributed by atoms with E-state index in [1.54, 1.807) is 6.08 Å². The van der Waals surface area contributed by atoms with Crippen LogP contribution in [0.1, 0.15) is 19.8 Å². The van der Waals surface area contributed by atoms with Crippen LogP contribution in [0.2, 0.25) is 0 Å². The van der Waals surface area contributed by atoms with Crippen LogP contribution in [0.15, 0.2) is 23.3 Å². The lowest BCUT2D eigenvalue weighted by molar-refractivity contribution is -0.159. The molecule has 4 aliphatic rings. The molecule has 0 aromatic heterocycles. The molecule has 136 valence electrons. The van der Waals surface area contributed by atoms with Gasteiger partial charge in [-0.15, -0.1) is 0 Å². The quantitative estimate of drug-likeness (QED) is 0.579. The Labute approximate surface area is 145 Å². The minimum Gasteiger partial charge on any atom is -0.466 e. The van der Waals surface area contributed by atoms with Gasteiger partial charge >= 0.3 is 11.9 Å².